The average Bonchev–Trinajstić information content (AvgIpc) is 2.77. The van der Waals surface area contributed by atoms with Gasteiger partial charge in [-0.25, -0.2) is 0 Å². The van der Waals surface area contributed by atoms with E-state index in [2.05, 4.69) is 86.6 Å². The van der Waals surface area contributed by atoms with E-state index in [1.54, 1.807) is 0 Å². The first-order chi connectivity index (χ1) is 14.2. The first-order valence-electron chi connectivity index (χ1n) is 10.2. The number of benzene rings is 3. The zero-order valence-electron chi connectivity index (χ0n) is 17.1. The van der Waals surface area contributed by atoms with E-state index in [4.69, 9.17) is 0 Å². The average molecular weight is 516 g/mol. The number of rotatable bonds is 9. The fourth-order valence-corrected chi connectivity index (χ4v) is 8.79. The van der Waals surface area contributed by atoms with Gasteiger partial charge in [-0.3, -0.25) is 0 Å². The Labute approximate surface area is 187 Å². The Morgan fingerprint density at radius 1 is 0.828 bits per heavy atom. The predicted molar refractivity (Wildman–Crippen MR) is 127 cm³/mol. The molecule has 0 bridgehead atoms. The number of hydrogen-bond acceptors (Lipinski definition) is 1. The van der Waals surface area contributed by atoms with Crippen LogP contribution in [-0.2, 0) is 10.8 Å². The molecule has 3 aromatic carbocycles. The predicted octanol–water partition coefficient (Wildman–Crippen LogP) is 6.08. The molecule has 0 saturated heterocycles. The first kappa shape index (κ1) is 22.0. The molecule has 0 fully saturated rings. The van der Waals surface area contributed by atoms with Gasteiger partial charge in [-0.1, -0.05) is 0 Å². The van der Waals surface area contributed by atoms with Gasteiger partial charge in [0.05, 0.1) is 0 Å². The molecule has 1 nitrogen and oxygen atoms in total. The molecule has 3 rings (SSSR count). The normalized spacial score (nSPS) is 13.0. The maximum atomic E-state index is 13.8. The summed E-state index contributed by atoms with van der Waals surface area (Å²) in [6, 6.07) is 29.3. The molecule has 0 aliphatic heterocycles. The molecular formula is C26H28OSTe. The summed E-state index contributed by atoms with van der Waals surface area (Å²) < 4.78 is 16.3. The monoisotopic (exact) mass is 518 g/mol. The Balaban J connectivity index is 2.09. The minimum atomic E-state index is -1.13. The fourth-order valence-electron chi connectivity index (χ4n) is 3.13. The molecule has 3 heteroatoms. The third kappa shape index (κ3) is 6.41. The van der Waals surface area contributed by atoms with Gasteiger partial charge in [0.2, 0.25) is 0 Å². The van der Waals surface area contributed by atoms with Gasteiger partial charge in [-0.15, -0.1) is 0 Å². The van der Waals surface area contributed by atoms with Crippen molar-refractivity contribution in [3.8, 4) is 0 Å². The Kier molecular flexibility index (Phi) is 8.74. The molecule has 0 spiro atoms. The molecule has 150 valence electrons. The maximum absolute atomic E-state index is 13.8. The number of aryl methyl sites for hydroxylation is 1. The van der Waals surface area contributed by atoms with Crippen molar-refractivity contribution in [3.63, 3.8) is 0 Å². The van der Waals surface area contributed by atoms with Gasteiger partial charge in [-0.05, 0) is 0 Å². The fraction of sp³-hybridized carbons (Fsp3) is 0.231. The minimum absolute atomic E-state index is 0.745. The number of hydrogen-bond donors (Lipinski definition) is 0. The van der Waals surface area contributed by atoms with Crippen LogP contribution in [0.3, 0.4) is 0 Å². The molecular weight excluding hydrogens is 488 g/mol. The molecule has 0 aromatic heterocycles. The second-order valence-corrected chi connectivity index (χ2v) is 12.4. The van der Waals surface area contributed by atoms with E-state index in [-0.39, 0.29) is 0 Å². The molecule has 0 N–H and O–H groups in total. The van der Waals surface area contributed by atoms with Crippen molar-refractivity contribution in [2.24, 2.45) is 0 Å². The summed E-state index contributed by atoms with van der Waals surface area (Å²) in [6.07, 6.45) is 4.51. The third-order valence-corrected chi connectivity index (χ3v) is 10.6. The van der Waals surface area contributed by atoms with Crippen molar-refractivity contribution in [3.05, 3.63) is 99.0 Å². The summed E-state index contributed by atoms with van der Waals surface area (Å²) in [4.78, 5) is 0.913. The quantitative estimate of drug-likeness (QED) is 0.249. The van der Waals surface area contributed by atoms with E-state index in [9.17, 15) is 4.21 Å². The van der Waals surface area contributed by atoms with E-state index in [1.807, 2.05) is 12.1 Å². The summed E-state index contributed by atoms with van der Waals surface area (Å²) >= 11 is -0.745. The second-order valence-electron chi connectivity index (χ2n) is 7.09. The van der Waals surface area contributed by atoms with Crippen LogP contribution in [0.2, 0.25) is 0 Å². The van der Waals surface area contributed by atoms with Crippen LogP contribution in [0.4, 0.5) is 0 Å². The summed E-state index contributed by atoms with van der Waals surface area (Å²) in [5.74, 6) is 0. The Hall–Kier alpha value is -1.66. The molecule has 1 unspecified atom stereocenters. The van der Waals surface area contributed by atoms with E-state index in [0.717, 1.165) is 20.7 Å². The zero-order valence-corrected chi connectivity index (χ0v) is 20.3. The van der Waals surface area contributed by atoms with Gasteiger partial charge in [0.1, 0.15) is 0 Å². The van der Waals surface area contributed by atoms with E-state index < -0.39 is 31.7 Å². The summed E-state index contributed by atoms with van der Waals surface area (Å²) in [5.41, 5.74) is 3.71. The molecule has 3 aromatic rings. The topological polar surface area (TPSA) is 17.1 Å². The van der Waals surface area contributed by atoms with Crippen LogP contribution >= 0.6 is 0 Å². The van der Waals surface area contributed by atoms with Gasteiger partial charge < -0.3 is 0 Å². The zero-order chi connectivity index (χ0) is 20.5. The molecule has 0 saturated carbocycles. The summed E-state index contributed by atoms with van der Waals surface area (Å²) in [6.45, 7) is 4.30. The SMILES string of the molecule is CCCCC/C(=C(/[Te]c1ccccc1)S(=O)c1ccc(C)cc1)c1ccccc1. The van der Waals surface area contributed by atoms with E-state index in [0.29, 0.717) is 0 Å². The van der Waals surface area contributed by atoms with Crippen molar-refractivity contribution in [2.45, 2.75) is 44.4 Å². The summed E-state index contributed by atoms with van der Waals surface area (Å²) in [7, 11) is -1.13. The van der Waals surface area contributed by atoms with E-state index in [1.165, 1.54) is 33.2 Å². The van der Waals surface area contributed by atoms with Crippen LogP contribution in [0, 0.1) is 6.92 Å². The molecule has 29 heavy (non-hydrogen) atoms. The van der Waals surface area contributed by atoms with Crippen LogP contribution in [0.1, 0.15) is 43.7 Å². The molecule has 0 amide bonds. The Bertz CT molecular complexity index is 947. The van der Waals surface area contributed by atoms with Gasteiger partial charge in [0.15, 0.2) is 0 Å². The van der Waals surface area contributed by atoms with Gasteiger partial charge in [0, 0.05) is 0 Å². The Morgan fingerprint density at radius 3 is 2.07 bits per heavy atom. The van der Waals surface area contributed by atoms with Gasteiger partial charge in [-0.2, -0.15) is 0 Å². The number of allylic oxidation sites excluding steroid dienone is 1. The molecule has 0 radical (unpaired) electrons. The van der Waals surface area contributed by atoms with Crippen LogP contribution in [0.25, 0.3) is 5.57 Å². The summed E-state index contributed by atoms with van der Waals surface area (Å²) in [5, 5.41) is 0. The molecule has 1 atom stereocenters. The molecule has 0 heterocycles. The molecule has 0 aliphatic rings. The standard InChI is InChI=1S/C26H28OSTe/c1-3-4-7-16-25(22-12-8-5-9-13-22)26(29-24-14-10-6-11-15-24)28(27)23-19-17-21(2)18-20-23/h5-6,8-15,17-20H,3-4,7,16H2,1-2H3/b26-25-. The van der Waals surface area contributed by atoms with Crippen LogP contribution < -0.4 is 3.61 Å². The van der Waals surface area contributed by atoms with Gasteiger partial charge >= 0.3 is 189 Å². The van der Waals surface area contributed by atoms with Crippen molar-refractivity contribution in [2.75, 3.05) is 0 Å². The molecule has 0 aliphatic carbocycles. The van der Waals surface area contributed by atoms with Crippen LogP contribution in [-0.4, -0.2) is 25.1 Å². The van der Waals surface area contributed by atoms with Gasteiger partial charge in [0.25, 0.3) is 0 Å². The van der Waals surface area contributed by atoms with Crippen molar-refractivity contribution < 1.29 is 4.21 Å². The van der Waals surface area contributed by atoms with Crippen molar-refractivity contribution in [1.29, 1.82) is 0 Å². The second kappa shape index (κ2) is 11.5. The van der Waals surface area contributed by atoms with Crippen LogP contribution in [0.15, 0.2) is 92.8 Å². The Morgan fingerprint density at radius 2 is 1.45 bits per heavy atom. The first-order valence-corrected chi connectivity index (χ1v) is 13.7. The van der Waals surface area contributed by atoms with Crippen molar-refractivity contribution >= 4 is 40.9 Å². The third-order valence-electron chi connectivity index (χ3n) is 4.76. The van der Waals surface area contributed by atoms with Crippen molar-refractivity contribution in [1.82, 2.24) is 0 Å². The van der Waals surface area contributed by atoms with Crippen LogP contribution in [0.5, 0.6) is 0 Å². The number of unbranched alkanes of at least 4 members (excludes halogenated alkanes) is 2. The van der Waals surface area contributed by atoms with E-state index >= 15 is 0 Å².